The summed E-state index contributed by atoms with van der Waals surface area (Å²) in [5, 5.41) is 0. The van der Waals surface area contributed by atoms with Crippen LogP contribution in [-0.2, 0) is 9.47 Å². The van der Waals surface area contributed by atoms with Gasteiger partial charge >= 0.3 is 5.97 Å². The molecule has 1 aromatic heterocycles. The molecule has 1 heterocycles. The molecule has 1 rings (SSSR count). The maximum Gasteiger partial charge on any atom is 0.357 e. The average Bonchev–Trinajstić information content (AvgIpc) is 2.27. The molecule has 0 bridgehead atoms. The van der Waals surface area contributed by atoms with E-state index in [1.54, 1.807) is 19.2 Å². The second-order valence-electron chi connectivity index (χ2n) is 3.47. The second-order valence-corrected chi connectivity index (χ2v) is 3.47. The van der Waals surface area contributed by atoms with Crippen LogP contribution in [0.4, 0.5) is 5.69 Å². The molecule has 1 unspecified atom stereocenters. The summed E-state index contributed by atoms with van der Waals surface area (Å²) >= 11 is 0. The SMILES string of the molecule is COCCC(C)OC(=O)c1ccc(N)cn1. The first kappa shape index (κ1) is 12.4. The predicted molar refractivity (Wildman–Crippen MR) is 60.0 cm³/mol. The van der Waals surface area contributed by atoms with E-state index in [0.717, 1.165) is 0 Å². The summed E-state index contributed by atoms with van der Waals surface area (Å²) < 4.78 is 10.0. The molecule has 88 valence electrons. The summed E-state index contributed by atoms with van der Waals surface area (Å²) in [7, 11) is 1.61. The lowest BCUT2D eigenvalue weighted by Gasteiger charge is -2.12. The van der Waals surface area contributed by atoms with Crippen molar-refractivity contribution in [2.45, 2.75) is 19.4 Å². The summed E-state index contributed by atoms with van der Waals surface area (Å²) in [6.45, 7) is 2.37. The minimum absolute atomic E-state index is 0.188. The number of carbonyl (C=O) groups is 1. The number of pyridine rings is 1. The number of nitrogens with two attached hydrogens (primary N) is 1. The van der Waals surface area contributed by atoms with Crippen molar-refractivity contribution in [1.29, 1.82) is 0 Å². The molecule has 0 spiro atoms. The molecule has 5 nitrogen and oxygen atoms in total. The quantitative estimate of drug-likeness (QED) is 0.762. The number of ether oxygens (including phenoxy) is 2. The van der Waals surface area contributed by atoms with E-state index < -0.39 is 5.97 Å². The molecule has 0 saturated heterocycles. The molecule has 0 aromatic carbocycles. The van der Waals surface area contributed by atoms with E-state index in [1.165, 1.54) is 6.20 Å². The van der Waals surface area contributed by atoms with Gasteiger partial charge in [0.05, 0.1) is 11.9 Å². The Kier molecular flexibility index (Phi) is 4.72. The third-order valence-corrected chi connectivity index (χ3v) is 2.03. The van der Waals surface area contributed by atoms with Gasteiger partial charge in [0.2, 0.25) is 0 Å². The molecule has 5 heteroatoms. The Morgan fingerprint density at radius 1 is 1.56 bits per heavy atom. The van der Waals surface area contributed by atoms with Gasteiger partial charge in [-0.15, -0.1) is 0 Å². The highest BCUT2D eigenvalue weighted by Crippen LogP contribution is 2.06. The van der Waals surface area contributed by atoms with Crippen LogP contribution in [0.25, 0.3) is 0 Å². The molecule has 2 N–H and O–H groups in total. The normalized spacial score (nSPS) is 12.1. The Hall–Kier alpha value is -1.62. The second kappa shape index (κ2) is 6.07. The number of carbonyl (C=O) groups excluding carboxylic acids is 1. The fourth-order valence-electron chi connectivity index (χ4n) is 1.11. The number of esters is 1. The number of hydrogen-bond donors (Lipinski definition) is 1. The Morgan fingerprint density at radius 2 is 2.31 bits per heavy atom. The highest BCUT2D eigenvalue weighted by Gasteiger charge is 2.12. The van der Waals surface area contributed by atoms with Crippen molar-refractivity contribution in [2.75, 3.05) is 19.5 Å². The summed E-state index contributed by atoms with van der Waals surface area (Å²) in [5.74, 6) is -0.441. The van der Waals surface area contributed by atoms with Crippen LogP contribution in [0.15, 0.2) is 18.3 Å². The highest BCUT2D eigenvalue weighted by molar-refractivity contribution is 5.87. The Balaban J connectivity index is 2.48. The third-order valence-electron chi connectivity index (χ3n) is 2.03. The molecule has 0 aliphatic rings. The lowest BCUT2D eigenvalue weighted by atomic mass is 10.3. The number of nitrogen functional groups attached to an aromatic ring is 1. The highest BCUT2D eigenvalue weighted by atomic mass is 16.5. The number of nitrogens with zero attached hydrogens (tertiary/aromatic N) is 1. The molecule has 0 amide bonds. The van der Waals surface area contributed by atoms with Crippen LogP contribution >= 0.6 is 0 Å². The lowest BCUT2D eigenvalue weighted by molar-refractivity contribution is 0.0260. The molecule has 1 aromatic rings. The molecule has 16 heavy (non-hydrogen) atoms. The molecule has 0 fully saturated rings. The average molecular weight is 224 g/mol. The topological polar surface area (TPSA) is 74.4 Å². The Morgan fingerprint density at radius 3 is 2.88 bits per heavy atom. The maximum absolute atomic E-state index is 11.6. The molecule has 0 saturated carbocycles. The fourth-order valence-corrected chi connectivity index (χ4v) is 1.11. The van der Waals surface area contributed by atoms with Crippen molar-refractivity contribution in [2.24, 2.45) is 0 Å². The third kappa shape index (κ3) is 3.86. The van der Waals surface area contributed by atoms with Gasteiger partial charge in [0.25, 0.3) is 0 Å². The molecule has 0 aliphatic heterocycles. The fraction of sp³-hybridized carbons (Fsp3) is 0.455. The minimum Gasteiger partial charge on any atom is -0.458 e. The summed E-state index contributed by atoms with van der Waals surface area (Å²) in [6.07, 6.45) is 1.90. The van der Waals surface area contributed by atoms with Gasteiger partial charge in [-0.3, -0.25) is 0 Å². The van der Waals surface area contributed by atoms with Gasteiger partial charge in [-0.1, -0.05) is 0 Å². The molecule has 0 radical (unpaired) electrons. The first-order chi connectivity index (χ1) is 7.63. The van der Waals surface area contributed by atoms with Crippen LogP contribution in [0.2, 0.25) is 0 Å². The van der Waals surface area contributed by atoms with E-state index in [0.29, 0.717) is 18.7 Å². The minimum atomic E-state index is -0.441. The predicted octanol–water partition coefficient (Wildman–Crippen LogP) is 1.25. The molecular formula is C11H16N2O3. The zero-order valence-corrected chi connectivity index (χ0v) is 9.47. The van der Waals surface area contributed by atoms with Gasteiger partial charge < -0.3 is 15.2 Å². The number of methoxy groups -OCH3 is 1. The van der Waals surface area contributed by atoms with Gasteiger partial charge in [0, 0.05) is 20.1 Å². The molecule has 0 aliphatic carbocycles. The first-order valence-corrected chi connectivity index (χ1v) is 5.05. The van der Waals surface area contributed by atoms with E-state index >= 15 is 0 Å². The molecule has 1 atom stereocenters. The van der Waals surface area contributed by atoms with Gasteiger partial charge in [-0.25, -0.2) is 9.78 Å². The van der Waals surface area contributed by atoms with E-state index in [-0.39, 0.29) is 11.8 Å². The smallest absolute Gasteiger partial charge is 0.357 e. The van der Waals surface area contributed by atoms with Crippen molar-refractivity contribution in [3.63, 3.8) is 0 Å². The van der Waals surface area contributed by atoms with Crippen LogP contribution in [0.1, 0.15) is 23.8 Å². The van der Waals surface area contributed by atoms with Crippen molar-refractivity contribution in [3.05, 3.63) is 24.0 Å². The van der Waals surface area contributed by atoms with Crippen LogP contribution in [0.3, 0.4) is 0 Å². The van der Waals surface area contributed by atoms with Gasteiger partial charge in [0.1, 0.15) is 11.8 Å². The number of anilines is 1. The summed E-state index contributed by atoms with van der Waals surface area (Å²) in [4.78, 5) is 15.4. The van der Waals surface area contributed by atoms with E-state index in [4.69, 9.17) is 15.2 Å². The van der Waals surface area contributed by atoms with E-state index in [9.17, 15) is 4.79 Å². The van der Waals surface area contributed by atoms with Crippen LogP contribution in [-0.4, -0.2) is 30.8 Å². The number of rotatable bonds is 5. The van der Waals surface area contributed by atoms with Gasteiger partial charge in [-0.05, 0) is 19.1 Å². The van der Waals surface area contributed by atoms with Crippen molar-refractivity contribution in [1.82, 2.24) is 4.98 Å². The zero-order chi connectivity index (χ0) is 12.0. The Labute approximate surface area is 94.6 Å². The number of hydrogen-bond acceptors (Lipinski definition) is 5. The largest absolute Gasteiger partial charge is 0.458 e. The van der Waals surface area contributed by atoms with Gasteiger partial charge in [0.15, 0.2) is 0 Å². The summed E-state index contributed by atoms with van der Waals surface area (Å²) in [6, 6.07) is 3.16. The Bertz CT molecular complexity index is 338. The number of aromatic nitrogens is 1. The van der Waals surface area contributed by atoms with E-state index in [1.807, 2.05) is 6.92 Å². The summed E-state index contributed by atoms with van der Waals surface area (Å²) in [5.41, 5.74) is 6.24. The van der Waals surface area contributed by atoms with Crippen LogP contribution < -0.4 is 5.73 Å². The van der Waals surface area contributed by atoms with Gasteiger partial charge in [-0.2, -0.15) is 0 Å². The van der Waals surface area contributed by atoms with E-state index in [2.05, 4.69) is 4.98 Å². The maximum atomic E-state index is 11.6. The molecular weight excluding hydrogens is 208 g/mol. The van der Waals surface area contributed by atoms with Crippen molar-refractivity contribution in [3.8, 4) is 0 Å². The van der Waals surface area contributed by atoms with Crippen LogP contribution in [0.5, 0.6) is 0 Å². The van der Waals surface area contributed by atoms with Crippen molar-refractivity contribution < 1.29 is 14.3 Å². The monoisotopic (exact) mass is 224 g/mol. The van der Waals surface area contributed by atoms with Crippen molar-refractivity contribution >= 4 is 11.7 Å². The zero-order valence-electron chi connectivity index (χ0n) is 9.47. The lowest BCUT2D eigenvalue weighted by Crippen LogP contribution is -2.17. The standard InChI is InChI=1S/C11H16N2O3/c1-8(5-6-15-2)16-11(14)10-4-3-9(12)7-13-10/h3-4,7-8H,5-6,12H2,1-2H3. The first-order valence-electron chi connectivity index (χ1n) is 5.05. The van der Waals surface area contributed by atoms with Crippen LogP contribution in [0, 0.1) is 0 Å².